The van der Waals surface area contributed by atoms with Gasteiger partial charge in [0.1, 0.15) is 29.2 Å². The Balaban J connectivity index is 1.34. The summed E-state index contributed by atoms with van der Waals surface area (Å²) in [4.78, 5) is 13.4. The molecule has 0 aliphatic rings. The quantitative estimate of drug-likeness (QED) is 0.239. The van der Waals surface area contributed by atoms with Crippen molar-refractivity contribution < 1.29 is 23.0 Å². The van der Waals surface area contributed by atoms with Crippen LogP contribution in [0.4, 0.5) is 5.95 Å². The molecule has 0 fully saturated rings. The summed E-state index contributed by atoms with van der Waals surface area (Å²) >= 11 is 0. The summed E-state index contributed by atoms with van der Waals surface area (Å²) in [5, 5.41) is 22.3. The van der Waals surface area contributed by atoms with Crippen molar-refractivity contribution in [3.05, 3.63) is 73.3 Å². The molecule has 5 aromatic rings. The van der Waals surface area contributed by atoms with Crippen LogP contribution in [0.5, 0.6) is 11.5 Å². The molecule has 0 radical (unpaired) electrons. The fraction of sp³-hybridized carbons (Fsp3) is 0.0870. The number of aromatic nitrogens is 4. The Morgan fingerprint density at radius 2 is 1.80 bits per heavy atom. The van der Waals surface area contributed by atoms with Crippen molar-refractivity contribution in [1.82, 2.24) is 24.1 Å². The van der Waals surface area contributed by atoms with Crippen molar-refractivity contribution in [2.24, 2.45) is 0 Å². The van der Waals surface area contributed by atoms with E-state index in [4.69, 9.17) is 4.42 Å². The number of phenols is 2. The van der Waals surface area contributed by atoms with Crippen LogP contribution in [0.1, 0.15) is 0 Å². The summed E-state index contributed by atoms with van der Waals surface area (Å²) in [6.45, 7) is 0.317. The van der Waals surface area contributed by atoms with Crippen LogP contribution in [0.2, 0.25) is 0 Å². The Kier molecular flexibility index (Phi) is 5.81. The molecule has 0 unspecified atom stereocenters. The number of benzene rings is 2. The number of fused-ring (bicyclic) bond motifs is 1. The van der Waals surface area contributed by atoms with Crippen molar-refractivity contribution in [2.45, 2.75) is 4.90 Å². The second kappa shape index (κ2) is 9.08. The number of imidazole rings is 1. The molecule has 2 aromatic carbocycles. The molecule has 4 N–H and O–H groups in total. The zero-order valence-electron chi connectivity index (χ0n) is 18.2. The van der Waals surface area contributed by atoms with E-state index in [-0.39, 0.29) is 29.5 Å². The Bertz CT molecular complexity index is 1590. The summed E-state index contributed by atoms with van der Waals surface area (Å²) in [7, 11) is -3.72. The molecule has 0 amide bonds. The van der Waals surface area contributed by atoms with E-state index in [2.05, 4.69) is 25.0 Å². The number of rotatable bonds is 8. The largest absolute Gasteiger partial charge is 0.508 e. The molecule has 0 saturated carbocycles. The molecule has 12 heteroatoms. The van der Waals surface area contributed by atoms with Gasteiger partial charge in [-0.3, -0.25) is 4.40 Å². The van der Waals surface area contributed by atoms with Crippen molar-refractivity contribution in [2.75, 3.05) is 18.4 Å². The highest BCUT2D eigenvalue weighted by Gasteiger charge is 2.20. The lowest BCUT2D eigenvalue weighted by atomic mass is 10.1. The third kappa shape index (κ3) is 4.65. The van der Waals surface area contributed by atoms with E-state index in [1.165, 1.54) is 30.5 Å². The normalized spacial score (nSPS) is 11.7. The van der Waals surface area contributed by atoms with E-state index in [9.17, 15) is 18.6 Å². The molecular weight excluding hydrogens is 472 g/mol. The number of sulfonamides is 1. The maximum Gasteiger partial charge on any atom is 0.306 e. The highest BCUT2D eigenvalue weighted by atomic mass is 32.2. The second-order valence-corrected chi connectivity index (χ2v) is 9.27. The van der Waals surface area contributed by atoms with Gasteiger partial charge in [0.2, 0.25) is 16.0 Å². The summed E-state index contributed by atoms with van der Waals surface area (Å²) < 4.78 is 34.4. The maximum absolute atomic E-state index is 12.4. The van der Waals surface area contributed by atoms with Crippen LogP contribution in [-0.2, 0) is 10.0 Å². The SMILES string of the molecule is O=S(=O)(NCCNc1nccc(-c2c(-c3cccc(O)c3)nc3occn23)n1)c1ccc(O)cc1. The Morgan fingerprint density at radius 1 is 0.971 bits per heavy atom. The first-order chi connectivity index (χ1) is 16.9. The minimum Gasteiger partial charge on any atom is -0.508 e. The fourth-order valence-electron chi connectivity index (χ4n) is 3.53. The number of oxazole rings is 1. The lowest BCUT2D eigenvalue weighted by molar-refractivity contribution is 0.474. The van der Waals surface area contributed by atoms with Crippen molar-refractivity contribution in [3.8, 4) is 34.1 Å². The van der Waals surface area contributed by atoms with Gasteiger partial charge >= 0.3 is 5.84 Å². The molecule has 178 valence electrons. The lowest BCUT2D eigenvalue weighted by Gasteiger charge is -2.09. The monoisotopic (exact) mass is 492 g/mol. The van der Waals surface area contributed by atoms with Crippen LogP contribution in [0.25, 0.3) is 28.5 Å². The Hall–Kier alpha value is -4.42. The number of hydrogen-bond donors (Lipinski definition) is 4. The minimum atomic E-state index is -3.72. The molecule has 0 atom stereocenters. The van der Waals surface area contributed by atoms with Crippen molar-refractivity contribution in [3.63, 3.8) is 0 Å². The summed E-state index contributed by atoms with van der Waals surface area (Å²) in [6.07, 6.45) is 4.81. The van der Waals surface area contributed by atoms with Gasteiger partial charge in [0.15, 0.2) is 0 Å². The first-order valence-corrected chi connectivity index (χ1v) is 12.0. The molecule has 0 bridgehead atoms. The number of hydrogen-bond acceptors (Lipinski definition) is 9. The van der Waals surface area contributed by atoms with Crippen molar-refractivity contribution in [1.29, 1.82) is 0 Å². The number of aromatic hydroxyl groups is 2. The van der Waals surface area contributed by atoms with Gasteiger partial charge in [-0.05, 0) is 42.5 Å². The van der Waals surface area contributed by atoms with E-state index >= 15 is 0 Å². The molecule has 11 nitrogen and oxygen atoms in total. The number of anilines is 1. The maximum atomic E-state index is 12.4. The topological polar surface area (TPSA) is 155 Å². The highest BCUT2D eigenvalue weighted by molar-refractivity contribution is 7.89. The summed E-state index contributed by atoms with van der Waals surface area (Å²) in [5.41, 5.74) is 2.47. The Morgan fingerprint density at radius 3 is 2.60 bits per heavy atom. The Labute approximate surface area is 199 Å². The van der Waals surface area contributed by atoms with Crippen LogP contribution in [0.3, 0.4) is 0 Å². The van der Waals surface area contributed by atoms with E-state index in [0.29, 0.717) is 34.4 Å². The van der Waals surface area contributed by atoms with Gasteiger partial charge in [0.25, 0.3) is 0 Å². The zero-order chi connectivity index (χ0) is 24.4. The predicted molar refractivity (Wildman–Crippen MR) is 127 cm³/mol. The van der Waals surface area contributed by atoms with Crippen molar-refractivity contribution >= 4 is 21.8 Å². The average molecular weight is 493 g/mol. The van der Waals surface area contributed by atoms with E-state index in [1.807, 2.05) is 6.07 Å². The third-order valence-corrected chi connectivity index (χ3v) is 6.60. The summed E-state index contributed by atoms with van der Waals surface area (Å²) in [5.74, 6) is 0.764. The van der Waals surface area contributed by atoms with Gasteiger partial charge in [0, 0.05) is 31.0 Å². The molecule has 35 heavy (non-hydrogen) atoms. The first kappa shape index (κ1) is 22.4. The number of phenolic OH excluding ortho intramolecular Hbond substituents is 2. The van der Waals surface area contributed by atoms with E-state index in [0.717, 1.165) is 0 Å². The summed E-state index contributed by atoms with van der Waals surface area (Å²) in [6, 6.07) is 13.7. The van der Waals surface area contributed by atoms with Gasteiger partial charge in [-0.2, -0.15) is 4.98 Å². The third-order valence-electron chi connectivity index (χ3n) is 5.13. The van der Waals surface area contributed by atoms with Gasteiger partial charge in [-0.1, -0.05) is 12.1 Å². The van der Waals surface area contributed by atoms with Gasteiger partial charge in [0.05, 0.1) is 10.6 Å². The minimum absolute atomic E-state index is 0.0132. The molecule has 5 rings (SSSR count). The molecular formula is C23H20N6O5S. The molecule has 0 saturated heterocycles. The van der Waals surface area contributed by atoms with Gasteiger partial charge in [-0.15, -0.1) is 0 Å². The standard InChI is InChI=1S/C23H20N6O5S/c30-16-4-6-18(7-5-16)35(32,33)26-11-10-25-22-24-9-8-19(27-22)21-20(15-2-1-3-17(31)14-15)28-23-29(21)12-13-34-23/h1-9,12-14,26,30-31H,10-11H2,(H,24,25,27). The van der Waals surface area contributed by atoms with Crippen LogP contribution in [0.15, 0.2) is 82.6 Å². The predicted octanol–water partition coefficient (Wildman–Crippen LogP) is 2.85. The van der Waals surface area contributed by atoms with Crippen LogP contribution < -0.4 is 10.0 Å². The highest BCUT2D eigenvalue weighted by Crippen LogP contribution is 2.33. The number of nitrogens with one attached hydrogen (secondary N) is 2. The molecule has 3 heterocycles. The average Bonchev–Trinajstić information content (AvgIpc) is 3.44. The zero-order valence-corrected chi connectivity index (χ0v) is 19.0. The molecule has 0 aliphatic heterocycles. The second-order valence-electron chi connectivity index (χ2n) is 7.50. The van der Waals surface area contributed by atoms with Gasteiger partial charge in [-0.25, -0.2) is 23.1 Å². The molecule has 0 aliphatic carbocycles. The number of nitrogens with zero attached hydrogens (tertiary/aromatic N) is 4. The van der Waals surface area contributed by atoms with Crippen LogP contribution >= 0.6 is 0 Å². The van der Waals surface area contributed by atoms with E-state index < -0.39 is 10.0 Å². The van der Waals surface area contributed by atoms with E-state index in [1.54, 1.807) is 41.1 Å². The van der Waals surface area contributed by atoms with Gasteiger partial charge < -0.3 is 19.9 Å². The van der Waals surface area contributed by atoms with Crippen LogP contribution in [-0.4, -0.2) is 51.1 Å². The fourth-order valence-corrected chi connectivity index (χ4v) is 4.56. The molecule has 0 spiro atoms. The first-order valence-electron chi connectivity index (χ1n) is 10.5. The molecule has 3 aromatic heterocycles. The van der Waals surface area contributed by atoms with Crippen LogP contribution in [0, 0.1) is 0 Å². The lowest BCUT2D eigenvalue weighted by Crippen LogP contribution is -2.29. The smallest absolute Gasteiger partial charge is 0.306 e.